The quantitative estimate of drug-likeness (QED) is 0.864. The molecule has 0 spiro atoms. The largest absolute Gasteiger partial charge is 0.377 e. The second kappa shape index (κ2) is 7.44. The molecule has 2 rings (SSSR count). The lowest BCUT2D eigenvalue weighted by Gasteiger charge is -2.36. The van der Waals surface area contributed by atoms with Crippen LogP contribution < -0.4 is 9.62 Å². The normalized spacial score (nSPS) is 20.0. The Balaban J connectivity index is 2.08. The lowest BCUT2D eigenvalue weighted by molar-refractivity contribution is 0.142. The van der Waals surface area contributed by atoms with Crippen molar-refractivity contribution in [1.82, 2.24) is 9.62 Å². The van der Waals surface area contributed by atoms with Gasteiger partial charge < -0.3 is 4.90 Å². The number of nitrogens with one attached hydrogen (secondary N) is 1. The van der Waals surface area contributed by atoms with E-state index in [0.29, 0.717) is 6.54 Å². The van der Waals surface area contributed by atoms with Gasteiger partial charge in [0.25, 0.3) is 0 Å². The van der Waals surface area contributed by atoms with Crippen LogP contribution in [0.4, 0.5) is 5.69 Å². The van der Waals surface area contributed by atoms with Crippen LogP contribution in [0, 0.1) is 0 Å². The molecular weight excluding hydrogens is 298 g/mol. The first-order valence-corrected chi connectivity index (χ1v) is 9.70. The summed E-state index contributed by atoms with van der Waals surface area (Å²) in [4.78, 5) is 4.53. The van der Waals surface area contributed by atoms with E-state index >= 15 is 0 Å². The fourth-order valence-corrected chi connectivity index (χ4v) is 3.54. The van der Waals surface area contributed by atoms with Crippen molar-refractivity contribution in [3.8, 4) is 0 Å². The van der Waals surface area contributed by atoms with Crippen LogP contribution in [0.3, 0.4) is 0 Å². The molecule has 0 aliphatic carbocycles. The highest BCUT2D eigenvalue weighted by Crippen LogP contribution is 2.24. The number of anilines is 1. The molecule has 0 aromatic heterocycles. The molecular formula is C16H27N3O2S. The number of piperidine rings is 1. The van der Waals surface area contributed by atoms with Gasteiger partial charge in [-0.05, 0) is 31.0 Å². The van der Waals surface area contributed by atoms with Gasteiger partial charge in [0.05, 0.1) is 6.26 Å². The number of hydrogen-bond donors (Lipinski definition) is 1. The summed E-state index contributed by atoms with van der Waals surface area (Å²) < 4.78 is 25.4. The third-order valence-electron chi connectivity index (χ3n) is 4.18. The molecule has 5 nitrogen and oxygen atoms in total. The molecule has 1 aliphatic heterocycles. The molecule has 0 radical (unpaired) electrons. The number of sulfonamides is 1. The molecule has 0 bridgehead atoms. The van der Waals surface area contributed by atoms with Gasteiger partial charge in [0.1, 0.15) is 0 Å². The molecule has 1 saturated heterocycles. The van der Waals surface area contributed by atoms with E-state index in [1.165, 1.54) is 30.3 Å². The summed E-state index contributed by atoms with van der Waals surface area (Å²) in [6.45, 7) is 2.39. The van der Waals surface area contributed by atoms with Crippen LogP contribution in [-0.2, 0) is 16.6 Å². The minimum Gasteiger partial charge on any atom is -0.377 e. The fraction of sp³-hybridized carbons (Fsp3) is 0.625. The number of para-hydroxylation sites is 1. The van der Waals surface area contributed by atoms with Gasteiger partial charge in [0.2, 0.25) is 10.0 Å². The maximum absolute atomic E-state index is 11.3. The molecule has 0 saturated carbocycles. The molecule has 1 fully saturated rings. The van der Waals surface area contributed by atoms with Gasteiger partial charge in [-0.25, -0.2) is 13.1 Å². The first kappa shape index (κ1) is 17.2. The Labute approximate surface area is 134 Å². The first-order valence-electron chi connectivity index (χ1n) is 7.81. The Bertz CT molecular complexity index is 587. The Hall–Kier alpha value is -1.11. The van der Waals surface area contributed by atoms with E-state index in [1.54, 1.807) is 0 Å². The van der Waals surface area contributed by atoms with Crippen LogP contribution in [0.1, 0.15) is 24.8 Å². The van der Waals surface area contributed by atoms with Crippen LogP contribution in [0.2, 0.25) is 0 Å². The van der Waals surface area contributed by atoms with Crippen molar-refractivity contribution >= 4 is 15.7 Å². The van der Waals surface area contributed by atoms with E-state index in [4.69, 9.17) is 0 Å². The zero-order valence-corrected chi connectivity index (χ0v) is 14.6. The predicted octanol–water partition coefficient (Wildman–Crippen LogP) is 1.66. The van der Waals surface area contributed by atoms with Gasteiger partial charge >= 0.3 is 0 Å². The minimum atomic E-state index is -3.13. The predicted molar refractivity (Wildman–Crippen MR) is 91.7 cm³/mol. The summed E-state index contributed by atoms with van der Waals surface area (Å²) in [5.41, 5.74) is 2.52. The van der Waals surface area contributed by atoms with Crippen molar-refractivity contribution in [2.45, 2.75) is 31.8 Å². The third-order valence-corrected chi connectivity index (χ3v) is 4.87. The average Bonchev–Trinajstić information content (AvgIpc) is 2.46. The molecule has 124 valence electrons. The monoisotopic (exact) mass is 325 g/mol. The average molecular weight is 325 g/mol. The van der Waals surface area contributed by atoms with Crippen molar-refractivity contribution in [3.05, 3.63) is 29.8 Å². The van der Waals surface area contributed by atoms with E-state index in [-0.39, 0.29) is 6.04 Å². The Morgan fingerprint density at radius 3 is 2.68 bits per heavy atom. The molecule has 1 aliphatic rings. The van der Waals surface area contributed by atoms with Gasteiger partial charge in [0.15, 0.2) is 0 Å². The van der Waals surface area contributed by atoms with Crippen LogP contribution in [0.5, 0.6) is 0 Å². The lowest BCUT2D eigenvalue weighted by Crippen LogP contribution is -2.46. The zero-order chi connectivity index (χ0) is 16.2. The number of rotatable bonds is 6. The van der Waals surface area contributed by atoms with Gasteiger partial charge in [0, 0.05) is 38.9 Å². The van der Waals surface area contributed by atoms with Gasteiger partial charge in [-0.3, -0.25) is 4.90 Å². The van der Waals surface area contributed by atoms with Crippen LogP contribution in [0.25, 0.3) is 0 Å². The summed E-state index contributed by atoms with van der Waals surface area (Å²) in [5.74, 6) is 0. The highest BCUT2D eigenvalue weighted by atomic mass is 32.2. The van der Waals surface area contributed by atoms with Crippen LogP contribution >= 0.6 is 0 Å². The van der Waals surface area contributed by atoms with Crippen molar-refractivity contribution < 1.29 is 8.42 Å². The third kappa shape index (κ3) is 4.97. The molecule has 1 aromatic rings. The summed E-state index contributed by atoms with van der Waals surface area (Å²) >= 11 is 0. The van der Waals surface area contributed by atoms with E-state index in [0.717, 1.165) is 19.5 Å². The van der Waals surface area contributed by atoms with E-state index in [9.17, 15) is 8.42 Å². The topological polar surface area (TPSA) is 52.6 Å². The van der Waals surface area contributed by atoms with Gasteiger partial charge in [-0.1, -0.05) is 24.6 Å². The molecule has 0 amide bonds. The zero-order valence-electron chi connectivity index (χ0n) is 13.7. The Morgan fingerprint density at radius 1 is 1.27 bits per heavy atom. The SMILES string of the molecule is CN(C)c1ccccc1CN1CCCC[C@@H]1CNS(C)(=O)=O. The summed E-state index contributed by atoms with van der Waals surface area (Å²) in [6, 6.07) is 8.68. The highest BCUT2D eigenvalue weighted by molar-refractivity contribution is 7.88. The van der Waals surface area contributed by atoms with Crippen molar-refractivity contribution in [2.75, 3.05) is 38.3 Å². The number of nitrogens with zero attached hydrogens (tertiary/aromatic N) is 2. The van der Waals surface area contributed by atoms with E-state index in [1.807, 2.05) is 0 Å². The van der Waals surface area contributed by atoms with Gasteiger partial charge in [-0.15, -0.1) is 0 Å². The molecule has 6 heteroatoms. The molecule has 1 aromatic carbocycles. The van der Waals surface area contributed by atoms with E-state index < -0.39 is 10.0 Å². The van der Waals surface area contributed by atoms with Crippen molar-refractivity contribution in [1.29, 1.82) is 0 Å². The van der Waals surface area contributed by atoms with Gasteiger partial charge in [-0.2, -0.15) is 0 Å². The molecule has 1 N–H and O–H groups in total. The second-order valence-electron chi connectivity index (χ2n) is 6.26. The summed E-state index contributed by atoms with van der Waals surface area (Å²) in [7, 11) is 0.980. The van der Waals surface area contributed by atoms with E-state index in [2.05, 4.69) is 52.9 Å². The first-order chi connectivity index (χ1) is 10.4. The maximum atomic E-state index is 11.3. The van der Waals surface area contributed by atoms with Crippen molar-refractivity contribution in [3.63, 3.8) is 0 Å². The molecule has 22 heavy (non-hydrogen) atoms. The smallest absolute Gasteiger partial charge is 0.208 e. The molecule has 0 unspecified atom stereocenters. The number of benzene rings is 1. The Morgan fingerprint density at radius 2 is 2.00 bits per heavy atom. The summed E-state index contributed by atoms with van der Waals surface area (Å²) in [6.07, 6.45) is 4.62. The maximum Gasteiger partial charge on any atom is 0.208 e. The standard InChI is InChI=1S/C16H27N3O2S/c1-18(2)16-10-5-4-8-14(16)13-19-11-7-6-9-15(19)12-17-22(3,20)21/h4-5,8,10,15,17H,6-7,9,11-13H2,1-3H3/t15-/m1/s1. The minimum absolute atomic E-state index is 0.277. The van der Waals surface area contributed by atoms with Crippen LogP contribution in [-0.4, -0.2) is 52.8 Å². The summed E-state index contributed by atoms with van der Waals surface area (Å²) in [5, 5.41) is 0. The number of likely N-dealkylation sites (tertiary alicyclic amines) is 1. The van der Waals surface area contributed by atoms with Crippen molar-refractivity contribution in [2.24, 2.45) is 0 Å². The fourth-order valence-electron chi connectivity index (χ4n) is 3.05. The number of hydrogen-bond acceptors (Lipinski definition) is 4. The lowest BCUT2D eigenvalue weighted by atomic mass is 10.0. The molecule has 1 atom stereocenters. The van der Waals surface area contributed by atoms with Crippen LogP contribution in [0.15, 0.2) is 24.3 Å². The molecule has 1 heterocycles. The highest BCUT2D eigenvalue weighted by Gasteiger charge is 2.24. The second-order valence-corrected chi connectivity index (χ2v) is 8.10. The Kier molecular flexibility index (Phi) is 5.83.